The van der Waals surface area contributed by atoms with Crippen molar-refractivity contribution in [1.29, 1.82) is 0 Å². The third-order valence-corrected chi connectivity index (χ3v) is 7.54. The van der Waals surface area contributed by atoms with Crippen molar-refractivity contribution in [1.82, 2.24) is 9.47 Å². The maximum Gasteiger partial charge on any atom is 0.254 e. The van der Waals surface area contributed by atoms with Crippen molar-refractivity contribution < 1.29 is 14.3 Å². The summed E-state index contributed by atoms with van der Waals surface area (Å²) < 4.78 is 8.24. The molecule has 0 unspecified atom stereocenters. The number of methoxy groups -OCH3 is 1. The first-order valence-corrected chi connectivity index (χ1v) is 12.7. The molecule has 0 saturated heterocycles. The molecule has 2 heterocycles. The zero-order chi connectivity index (χ0) is 25.4. The van der Waals surface area contributed by atoms with E-state index < -0.39 is 12.0 Å². The average Bonchev–Trinajstić information content (AvgIpc) is 3.21. The predicted molar refractivity (Wildman–Crippen MR) is 145 cm³/mol. The van der Waals surface area contributed by atoms with E-state index in [-0.39, 0.29) is 11.8 Å². The Hall–Kier alpha value is -3.42. The number of anilines is 1. The molecule has 0 spiro atoms. The lowest BCUT2D eigenvalue weighted by Gasteiger charge is -2.41. The number of nitrogens with one attached hydrogen (secondary N) is 1. The monoisotopic (exact) mass is 545 g/mol. The number of benzene rings is 3. The molecule has 0 aliphatic carbocycles. The first-order valence-electron chi connectivity index (χ1n) is 11.9. The number of para-hydroxylation sites is 1. The number of halogens is 1. The van der Waals surface area contributed by atoms with Gasteiger partial charge in [0.1, 0.15) is 0 Å². The van der Waals surface area contributed by atoms with Gasteiger partial charge in [0.25, 0.3) is 5.91 Å². The fraction of sp³-hybridized carbons (Fsp3) is 0.241. The molecule has 2 atom stereocenters. The third kappa shape index (κ3) is 4.22. The summed E-state index contributed by atoms with van der Waals surface area (Å²) in [4.78, 5) is 29.7. The Bertz CT molecular complexity index is 1460. The van der Waals surface area contributed by atoms with Crippen LogP contribution in [0.25, 0.3) is 10.9 Å². The molecule has 0 bridgehead atoms. The fourth-order valence-electron chi connectivity index (χ4n) is 5.20. The number of rotatable bonds is 6. The summed E-state index contributed by atoms with van der Waals surface area (Å²) in [6.07, 6.45) is 2.04. The summed E-state index contributed by atoms with van der Waals surface area (Å²) in [6.45, 7) is 2.74. The van der Waals surface area contributed by atoms with Crippen molar-refractivity contribution >= 4 is 44.3 Å². The largest absolute Gasteiger partial charge is 0.383 e. The molecular weight excluding hydrogens is 518 g/mol. The smallest absolute Gasteiger partial charge is 0.254 e. The minimum atomic E-state index is -0.616. The second-order valence-electron chi connectivity index (χ2n) is 9.19. The zero-order valence-electron chi connectivity index (χ0n) is 20.5. The highest BCUT2D eigenvalue weighted by Crippen LogP contribution is 2.45. The van der Waals surface area contributed by atoms with Crippen LogP contribution in [0.15, 0.2) is 77.4 Å². The van der Waals surface area contributed by atoms with Crippen molar-refractivity contribution in [3.63, 3.8) is 0 Å². The second kappa shape index (κ2) is 9.91. The summed E-state index contributed by atoms with van der Waals surface area (Å²) in [5.74, 6) is -0.879. The van der Waals surface area contributed by atoms with Crippen molar-refractivity contribution in [2.24, 2.45) is 7.05 Å². The summed E-state index contributed by atoms with van der Waals surface area (Å²) >= 11 is 3.58. The van der Waals surface area contributed by atoms with E-state index in [1.807, 2.05) is 68.7 Å². The van der Waals surface area contributed by atoms with E-state index in [2.05, 4.69) is 37.9 Å². The Labute approximate surface area is 219 Å². The van der Waals surface area contributed by atoms with Crippen LogP contribution in [0.1, 0.15) is 39.0 Å². The molecule has 2 amide bonds. The van der Waals surface area contributed by atoms with Crippen LogP contribution in [0, 0.1) is 6.92 Å². The van der Waals surface area contributed by atoms with Crippen LogP contribution in [0.3, 0.4) is 0 Å². The Balaban J connectivity index is 1.69. The summed E-state index contributed by atoms with van der Waals surface area (Å²) in [6, 6.07) is 20.8. The highest BCUT2D eigenvalue weighted by atomic mass is 79.9. The van der Waals surface area contributed by atoms with E-state index in [1.165, 1.54) is 0 Å². The van der Waals surface area contributed by atoms with Gasteiger partial charge in [-0.3, -0.25) is 9.59 Å². The average molecular weight is 546 g/mol. The molecular formula is C29H28BrN3O3. The van der Waals surface area contributed by atoms with Gasteiger partial charge in [-0.2, -0.15) is 0 Å². The lowest BCUT2D eigenvalue weighted by atomic mass is 9.79. The topological polar surface area (TPSA) is 63.6 Å². The molecule has 1 aliphatic heterocycles. The Morgan fingerprint density at radius 3 is 2.58 bits per heavy atom. The number of amides is 2. The van der Waals surface area contributed by atoms with Gasteiger partial charge in [-0.25, -0.2) is 0 Å². The first-order chi connectivity index (χ1) is 17.4. The SMILES string of the molecule is COCCN1C(=O)c2ccccc2[C@@H](C(=O)Nc2ccc(C)cc2Br)[C@H]1c1cn(C)c2ccccc12. The van der Waals surface area contributed by atoms with Crippen LogP contribution >= 0.6 is 15.9 Å². The van der Waals surface area contributed by atoms with Gasteiger partial charge in [0.15, 0.2) is 0 Å². The minimum Gasteiger partial charge on any atom is -0.383 e. The maximum atomic E-state index is 14.1. The number of carbonyl (C=O) groups is 2. The predicted octanol–water partition coefficient (Wildman–Crippen LogP) is 5.82. The lowest BCUT2D eigenvalue weighted by molar-refractivity contribution is -0.119. The van der Waals surface area contributed by atoms with Crippen molar-refractivity contribution in [2.75, 3.05) is 25.6 Å². The van der Waals surface area contributed by atoms with Crippen LogP contribution in [0.4, 0.5) is 5.69 Å². The van der Waals surface area contributed by atoms with Crippen molar-refractivity contribution in [3.05, 3.63) is 99.7 Å². The van der Waals surface area contributed by atoms with Crippen LogP contribution in [0.5, 0.6) is 0 Å². The van der Waals surface area contributed by atoms with Crippen LogP contribution in [-0.4, -0.2) is 41.5 Å². The molecule has 6 nitrogen and oxygen atoms in total. The number of nitrogens with zero attached hydrogens (tertiary/aromatic N) is 2. The van der Waals surface area contributed by atoms with Gasteiger partial charge in [-0.1, -0.05) is 42.5 Å². The van der Waals surface area contributed by atoms with Crippen LogP contribution in [0.2, 0.25) is 0 Å². The summed E-state index contributed by atoms with van der Waals surface area (Å²) in [5.41, 5.74) is 5.05. The number of aryl methyl sites for hydroxylation is 2. The van der Waals surface area contributed by atoms with E-state index in [0.29, 0.717) is 24.4 Å². The molecule has 184 valence electrons. The van der Waals surface area contributed by atoms with Gasteiger partial charge in [-0.05, 0) is 58.2 Å². The number of aromatic nitrogens is 1. The molecule has 1 aliphatic rings. The highest BCUT2D eigenvalue weighted by Gasteiger charge is 2.45. The third-order valence-electron chi connectivity index (χ3n) is 6.89. The quantitative estimate of drug-likeness (QED) is 0.332. The molecule has 0 radical (unpaired) electrons. The Kier molecular flexibility index (Phi) is 6.69. The van der Waals surface area contributed by atoms with E-state index in [4.69, 9.17) is 4.74 Å². The van der Waals surface area contributed by atoms with Gasteiger partial charge in [0.2, 0.25) is 5.91 Å². The molecule has 7 heteroatoms. The molecule has 5 rings (SSSR count). The molecule has 0 fully saturated rings. The highest BCUT2D eigenvalue weighted by molar-refractivity contribution is 9.10. The number of hydrogen-bond donors (Lipinski definition) is 1. The van der Waals surface area contributed by atoms with Gasteiger partial charge in [-0.15, -0.1) is 0 Å². The van der Waals surface area contributed by atoms with E-state index in [1.54, 1.807) is 18.1 Å². The number of carbonyl (C=O) groups excluding carboxylic acids is 2. The van der Waals surface area contributed by atoms with Crippen LogP contribution < -0.4 is 5.32 Å². The molecule has 4 aromatic rings. The van der Waals surface area contributed by atoms with E-state index in [9.17, 15) is 9.59 Å². The maximum absolute atomic E-state index is 14.1. The first kappa shape index (κ1) is 24.3. The molecule has 1 aromatic heterocycles. The van der Waals surface area contributed by atoms with Gasteiger partial charge in [0, 0.05) is 53.4 Å². The Morgan fingerprint density at radius 1 is 1.06 bits per heavy atom. The molecule has 1 N–H and O–H groups in total. The summed E-state index contributed by atoms with van der Waals surface area (Å²) in [7, 11) is 3.61. The second-order valence-corrected chi connectivity index (χ2v) is 10.0. The van der Waals surface area contributed by atoms with Crippen LogP contribution in [-0.2, 0) is 16.6 Å². The van der Waals surface area contributed by atoms with E-state index >= 15 is 0 Å². The number of hydrogen-bond acceptors (Lipinski definition) is 3. The normalized spacial score (nSPS) is 17.3. The number of fused-ring (bicyclic) bond motifs is 2. The zero-order valence-corrected chi connectivity index (χ0v) is 22.1. The van der Waals surface area contributed by atoms with Gasteiger partial charge in [0.05, 0.1) is 24.3 Å². The van der Waals surface area contributed by atoms with Crippen molar-refractivity contribution in [3.8, 4) is 0 Å². The van der Waals surface area contributed by atoms with Gasteiger partial charge >= 0.3 is 0 Å². The van der Waals surface area contributed by atoms with E-state index in [0.717, 1.165) is 32.1 Å². The Morgan fingerprint density at radius 2 is 1.81 bits per heavy atom. The standard InChI is InChI=1S/C29H28BrN3O3/c1-18-12-13-24(23(30)16-18)31-28(34)26-20-9-4-5-10-21(20)29(35)33(14-15-36-3)27(26)22-17-32(2)25-11-7-6-8-19(22)25/h4-13,16-17,26-27H,14-15H2,1-3H3,(H,31,34)/t26-,27-/m1/s1. The van der Waals surface area contributed by atoms with Gasteiger partial charge < -0.3 is 19.5 Å². The molecule has 36 heavy (non-hydrogen) atoms. The fourth-order valence-corrected chi connectivity index (χ4v) is 5.79. The lowest BCUT2D eigenvalue weighted by Crippen LogP contribution is -2.47. The van der Waals surface area contributed by atoms with Crippen molar-refractivity contribution in [2.45, 2.75) is 18.9 Å². The summed E-state index contributed by atoms with van der Waals surface area (Å²) in [5, 5.41) is 4.15. The molecule has 3 aromatic carbocycles. The number of ether oxygens (including phenoxy) is 1. The minimum absolute atomic E-state index is 0.0962. The molecule has 0 saturated carbocycles.